The molecule has 156 valence electrons. The molecule has 1 rings (SSSR count). The van der Waals surface area contributed by atoms with Crippen LogP contribution in [0.1, 0.15) is 77.6 Å². The molecule has 3 heteroatoms. The van der Waals surface area contributed by atoms with Gasteiger partial charge in [0, 0.05) is 0 Å². The average Bonchev–Trinajstić information content (AvgIpc) is 2.65. The Balaban J connectivity index is 1.92. The lowest BCUT2D eigenvalue weighted by Gasteiger charge is -2.36. The highest BCUT2D eigenvalue weighted by Gasteiger charge is 2.44. The smallest absolute Gasteiger partial charge is 0.319 e. The Labute approximate surface area is 176 Å². The Morgan fingerprint density at radius 3 is 1.75 bits per heavy atom. The van der Waals surface area contributed by atoms with Crippen molar-refractivity contribution in [1.29, 1.82) is 0 Å². The van der Waals surface area contributed by atoms with Crippen LogP contribution in [0, 0.1) is 0 Å². The van der Waals surface area contributed by atoms with Crippen LogP contribution in [0.15, 0.2) is 60.8 Å². The van der Waals surface area contributed by atoms with Crippen LogP contribution in [0.25, 0.3) is 0 Å². The molecule has 1 N–H and O–H groups in total. The molecule has 28 heavy (non-hydrogen) atoms. The molecule has 0 aliphatic heterocycles. The largest absolute Gasteiger partial charge is 0.480 e. The number of carboxylic acids is 1. The van der Waals surface area contributed by atoms with E-state index in [1.807, 2.05) is 0 Å². The van der Waals surface area contributed by atoms with E-state index in [-0.39, 0.29) is 0 Å². The molecule has 2 nitrogen and oxygen atoms in total. The van der Waals surface area contributed by atoms with Crippen molar-refractivity contribution in [3.8, 4) is 0 Å². The van der Waals surface area contributed by atoms with Gasteiger partial charge in [0.25, 0.3) is 0 Å². The highest BCUT2D eigenvalue weighted by atomic mass is 32.2. The molecule has 0 aromatic rings. The SMILES string of the molecule is CCC=CCC=CCC=CCC=CCC=CCCCCSC1(C(=O)O)CCC1. The van der Waals surface area contributed by atoms with Crippen LogP contribution in [0.3, 0.4) is 0 Å². The van der Waals surface area contributed by atoms with Crippen molar-refractivity contribution in [3.05, 3.63) is 60.8 Å². The maximum atomic E-state index is 11.3. The molecule has 0 aromatic carbocycles. The van der Waals surface area contributed by atoms with Gasteiger partial charge >= 0.3 is 5.97 Å². The Kier molecular flexibility index (Phi) is 14.4. The van der Waals surface area contributed by atoms with Crippen LogP contribution >= 0.6 is 11.8 Å². The number of carbonyl (C=O) groups is 1. The number of hydrogen-bond acceptors (Lipinski definition) is 2. The maximum Gasteiger partial charge on any atom is 0.319 e. The van der Waals surface area contributed by atoms with Gasteiger partial charge in [-0.15, -0.1) is 11.8 Å². The van der Waals surface area contributed by atoms with Gasteiger partial charge < -0.3 is 5.11 Å². The summed E-state index contributed by atoms with van der Waals surface area (Å²) in [5.74, 6) is 0.360. The number of unbranched alkanes of at least 4 members (excludes halogenated alkanes) is 2. The van der Waals surface area contributed by atoms with Gasteiger partial charge in [-0.2, -0.15) is 0 Å². The summed E-state index contributed by atoms with van der Waals surface area (Å²) in [7, 11) is 0. The first-order valence-electron chi connectivity index (χ1n) is 10.8. The first kappa shape index (κ1) is 24.6. The van der Waals surface area contributed by atoms with Crippen molar-refractivity contribution >= 4 is 17.7 Å². The molecule has 1 saturated carbocycles. The van der Waals surface area contributed by atoms with Crippen LogP contribution in [0.5, 0.6) is 0 Å². The lowest BCUT2D eigenvalue weighted by atomic mass is 9.84. The topological polar surface area (TPSA) is 37.3 Å². The van der Waals surface area contributed by atoms with Crippen molar-refractivity contribution < 1.29 is 9.90 Å². The van der Waals surface area contributed by atoms with Gasteiger partial charge in [-0.1, -0.05) is 67.7 Å². The predicted molar refractivity (Wildman–Crippen MR) is 125 cm³/mol. The summed E-state index contributed by atoms with van der Waals surface area (Å²) < 4.78 is -0.447. The van der Waals surface area contributed by atoms with Gasteiger partial charge in [-0.25, -0.2) is 0 Å². The Morgan fingerprint density at radius 1 is 0.821 bits per heavy atom. The summed E-state index contributed by atoms with van der Waals surface area (Å²) in [6.07, 6.45) is 33.5. The van der Waals surface area contributed by atoms with Gasteiger partial charge in [-0.3, -0.25) is 4.79 Å². The van der Waals surface area contributed by atoms with Crippen LogP contribution < -0.4 is 0 Å². The summed E-state index contributed by atoms with van der Waals surface area (Å²) in [4.78, 5) is 11.3. The quantitative estimate of drug-likeness (QED) is 0.213. The highest BCUT2D eigenvalue weighted by Crippen LogP contribution is 2.44. The van der Waals surface area contributed by atoms with Gasteiger partial charge in [-0.05, 0) is 76.4 Å². The minimum atomic E-state index is -0.610. The lowest BCUT2D eigenvalue weighted by Crippen LogP contribution is -2.42. The standard InChI is InChI=1S/C25H38O2S/c1-2-3-4-5-6-7-8-9-10-11-12-13-14-15-16-17-18-19-23-28-25(24(26)27)21-20-22-25/h3-4,6-7,9-10,12-13,15-16H,2,5,8,11,14,17-23H2,1H3,(H,26,27). The number of rotatable bonds is 16. The zero-order valence-electron chi connectivity index (χ0n) is 17.5. The Hall–Kier alpha value is -1.48. The number of thioether (sulfide) groups is 1. The number of aliphatic carboxylic acids is 1. The van der Waals surface area contributed by atoms with Crippen molar-refractivity contribution in [2.45, 2.75) is 82.3 Å². The molecule has 0 atom stereocenters. The van der Waals surface area contributed by atoms with E-state index >= 15 is 0 Å². The highest BCUT2D eigenvalue weighted by molar-refractivity contribution is 8.01. The lowest BCUT2D eigenvalue weighted by molar-refractivity contribution is -0.142. The molecular weight excluding hydrogens is 364 g/mol. The molecule has 0 heterocycles. The Morgan fingerprint density at radius 2 is 1.32 bits per heavy atom. The van der Waals surface area contributed by atoms with E-state index in [1.54, 1.807) is 11.8 Å². The molecule has 0 aromatic heterocycles. The minimum Gasteiger partial charge on any atom is -0.480 e. The van der Waals surface area contributed by atoms with Crippen molar-refractivity contribution in [1.82, 2.24) is 0 Å². The summed E-state index contributed by atoms with van der Waals surface area (Å²) in [5.41, 5.74) is 0. The summed E-state index contributed by atoms with van der Waals surface area (Å²) in [6, 6.07) is 0. The number of carboxylic acid groups (broad SMARTS) is 1. The molecular formula is C25H38O2S. The van der Waals surface area contributed by atoms with E-state index in [2.05, 4.69) is 67.7 Å². The van der Waals surface area contributed by atoms with Gasteiger partial charge in [0.2, 0.25) is 0 Å². The van der Waals surface area contributed by atoms with Crippen LogP contribution in [-0.4, -0.2) is 21.6 Å². The fraction of sp³-hybridized carbons (Fsp3) is 0.560. The Bertz CT molecular complexity index is 551. The zero-order chi connectivity index (χ0) is 20.3. The van der Waals surface area contributed by atoms with Crippen molar-refractivity contribution in [3.63, 3.8) is 0 Å². The second kappa shape index (κ2) is 16.5. The second-order valence-electron chi connectivity index (χ2n) is 7.21. The molecule has 1 fully saturated rings. The molecule has 0 unspecified atom stereocenters. The zero-order valence-corrected chi connectivity index (χ0v) is 18.3. The summed E-state index contributed by atoms with van der Waals surface area (Å²) in [5, 5.41) is 9.29. The van der Waals surface area contributed by atoms with Gasteiger partial charge in [0.1, 0.15) is 4.75 Å². The molecule has 0 saturated heterocycles. The van der Waals surface area contributed by atoms with E-state index in [9.17, 15) is 9.90 Å². The third-order valence-corrected chi connectivity index (χ3v) is 6.48. The maximum absolute atomic E-state index is 11.3. The number of hydrogen-bond donors (Lipinski definition) is 1. The molecule has 0 spiro atoms. The fourth-order valence-corrected chi connectivity index (χ4v) is 4.36. The summed E-state index contributed by atoms with van der Waals surface area (Å²) in [6.45, 7) is 2.16. The third-order valence-electron chi connectivity index (χ3n) is 4.85. The minimum absolute atomic E-state index is 0.447. The van der Waals surface area contributed by atoms with Crippen molar-refractivity contribution in [2.75, 3.05) is 5.75 Å². The molecule has 1 aliphatic carbocycles. The first-order valence-corrected chi connectivity index (χ1v) is 11.8. The normalized spacial score (nSPS) is 16.9. The average molecular weight is 403 g/mol. The fourth-order valence-electron chi connectivity index (χ4n) is 2.92. The van der Waals surface area contributed by atoms with E-state index in [0.717, 1.165) is 76.4 Å². The van der Waals surface area contributed by atoms with Crippen LogP contribution in [0.4, 0.5) is 0 Å². The summed E-state index contributed by atoms with van der Waals surface area (Å²) >= 11 is 1.66. The monoisotopic (exact) mass is 402 g/mol. The van der Waals surface area contributed by atoms with E-state index in [1.165, 1.54) is 0 Å². The third kappa shape index (κ3) is 11.4. The van der Waals surface area contributed by atoms with Crippen LogP contribution in [0.2, 0.25) is 0 Å². The van der Waals surface area contributed by atoms with Gasteiger partial charge in [0.15, 0.2) is 0 Å². The van der Waals surface area contributed by atoms with E-state index in [0.29, 0.717) is 0 Å². The van der Waals surface area contributed by atoms with Crippen LogP contribution in [-0.2, 0) is 4.79 Å². The second-order valence-corrected chi connectivity index (χ2v) is 8.68. The molecule has 0 radical (unpaired) electrons. The van der Waals surface area contributed by atoms with E-state index < -0.39 is 10.7 Å². The predicted octanol–water partition coefficient (Wildman–Crippen LogP) is 7.65. The first-order chi connectivity index (χ1) is 13.7. The molecule has 0 bridgehead atoms. The van der Waals surface area contributed by atoms with Crippen molar-refractivity contribution in [2.24, 2.45) is 0 Å². The van der Waals surface area contributed by atoms with Gasteiger partial charge in [0.05, 0.1) is 0 Å². The number of allylic oxidation sites excluding steroid dienone is 10. The molecule has 1 aliphatic rings. The van der Waals surface area contributed by atoms with E-state index in [4.69, 9.17) is 0 Å². The molecule has 0 amide bonds.